The zero-order chi connectivity index (χ0) is 23.3. The lowest BCUT2D eigenvalue weighted by Gasteiger charge is -2.28. The Kier molecular flexibility index (Phi) is 7.70. The number of methoxy groups -OCH3 is 1. The maximum absolute atomic E-state index is 13.8. The number of halogens is 1. The van der Waals surface area contributed by atoms with Crippen molar-refractivity contribution < 1.29 is 27.1 Å². The Morgan fingerprint density at radius 2 is 1.84 bits per heavy atom. The number of sulfonamides is 1. The molecule has 0 aliphatic carbocycles. The zero-order valence-electron chi connectivity index (χ0n) is 18.4. The summed E-state index contributed by atoms with van der Waals surface area (Å²) in [6, 6.07) is 8.32. The number of hydrogen-bond acceptors (Lipinski definition) is 6. The Labute approximate surface area is 188 Å². The Hall–Kier alpha value is -2.69. The van der Waals surface area contributed by atoms with Gasteiger partial charge in [-0.05, 0) is 50.2 Å². The minimum Gasteiger partial charge on any atom is -0.496 e. The lowest BCUT2D eigenvalue weighted by Crippen LogP contribution is -2.40. The first-order valence-corrected chi connectivity index (χ1v) is 11.9. The number of ether oxygens (including phenoxy) is 2. The van der Waals surface area contributed by atoms with Crippen LogP contribution in [-0.4, -0.2) is 65.1 Å². The van der Waals surface area contributed by atoms with Gasteiger partial charge in [-0.25, -0.2) is 12.8 Å². The van der Waals surface area contributed by atoms with Crippen LogP contribution in [0.2, 0.25) is 0 Å². The smallest absolute Gasteiger partial charge is 0.259 e. The molecule has 1 amide bonds. The third kappa shape index (κ3) is 5.03. The van der Waals surface area contributed by atoms with Gasteiger partial charge in [0.1, 0.15) is 11.6 Å². The number of benzene rings is 2. The highest BCUT2D eigenvalue weighted by atomic mass is 32.2. The molecule has 174 valence electrons. The van der Waals surface area contributed by atoms with E-state index in [2.05, 4.69) is 5.32 Å². The molecular formula is C22H28FN3O5S. The quantitative estimate of drug-likeness (QED) is 0.645. The van der Waals surface area contributed by atoms with Crippen LogP contribution in [0.5, 0.6) is 5.75 Å². The van der Waals surface area contributed by atoms with Crippen LogP contribution in [-0.2, 0) is 14.8 Å². The number of amides is 1. The first-order valence-electron chi connectivity index (χ1n) is 10.4. The number of carbonyl (C=O) groups excluding carboxylic acids is 1. The Morgan fingerprint density at radius 1 is 1.16 bits per heavy atom. The van der Waals surface area contributed by atoms with Crippen LogP contribution in [0.1, 0.15) is 24.2 Å². The van der Waals surface area contributed by atoms with Crippen molar-refractivity contribution in [3.05, 3.63) is 47.8 Å². The maximum atomic E-state index is 13.8. The van der Waals surface area contributed by atoms with E-state index in [-0.39, 0.29) is 29.3 Å². The minimum atomic E-state index is -3.76. The summed E-state index contributed by atoms with van der Waals surface area (Å²) in [4.78, 5) is 15.1. The van der Waals surface area contributed by atoms with E-state index in [1.54, 1.807) is 6.07 Å². The molecule has 0 atom stereocenters. The molecule has 2 aromatic carbocycles. The molecule has 1 aliphatic heterocycles. The van der Waals surface area contributed by atoms with E-state index in [0.29, 0.717) is 37.7 Å². The van der Waals surface area contributed by atoms with Crippen molar-refractivity contribution >= 4 is 27.3 Å². The predicted octanol–water partition coefficient (Wildman–Crippen LogP) is 2.95. The number of carbonyl (C=O) groups is 1. The van der Waals surface area contributed by atoms with Gasteiger partial charge in [0.05, 0.1) is 42.2 Å². The van der Waals surface area contributed by atoms with E-state index >= 15 is 0 Å². The minimum absolute atomic E-state index is 0.0134. The molecule has 0 saturated carbocycles. The number of anilines is 2. The summed E-state index contributed by atoms with van der Waals surface area (Å²) >= 11 is 0. The maximum Gasteiger partial charge on any atom is 0.259 e. The highest BCUT2D eigenvalue weighted by Gasteiger charge is 2.28. The molecule has 2 aromatic rings. The molecule has 32 heavy (non-hydrogen) atoms. The van der Waals surface area contributed by atoms with Crippen molar-refractivity contribution in [2.45, 2.75) is 18.7 Å². The molecule has 1 fully saturated rings. The molecule has 0 bridgehead atoms. The molecule has 10 heteroatoms. The largest absolute Gasteiger partial charge is 0.496 e. The van der Waals surface area contributed by atoms with Crippen molar-refractivity contribution in [3.8, 4) is 5.75 Å². The Morgan fingerprint density at radius 3 is 2.47 bits per heavy atom. The van der Waals surface area contributed by atoms with Crippen LogP contribution in [0, 0.1) is 5.82 Å². The second-order valence-electron chi connectivity index (χ2n) is 7.17. The molecular weight excluding hydrogens is 437 g/mol. The normalized spacial score (nSPS) is 14.8. The van der Waals surface area contributed by atoms with Crippen molar-refractivity contribution in [1.82, 2.24) is 4.31 Å². The first-order chi connectivity index (χ1) is 15.3. The van der Waals surface area contributed by atoms with Gasteiger partial charge in [-0.1, -0.05) is 0 Å². The summed E-state index contributed by atoms with van der Waals surface area (Å²) in [6.07, 6.45) is 0. The van der Waals surface area contributed by atoms with Crippen LogP contribution in [0.4, 0.5) is 15.8 Å². The topological polar surface area (TPSA) is 88.2 Å². The molecule has 3 rings (SSSR count). The fourth-order valence-electron chi connectivity index (χ4n) is 3.60. The number of morpholine rings is 1. The predicted molar refractivity (Wildman–Crippen MR) is 120 cm³/mol. The fraction of sp³-hybridized carbons (Fsp3) is 0.409. The average molecular weight is 466 g/mol. The average Bonchev–Trinajstić information content (AvgIpc) is 2.81. The molecule has 0 aromatic heterocycles. The molecule has 1 saturated heterocycles. The van der Waals surface area contributed by atoms with Crippen LogP contribution in [0.15, 0.2) is 41.3 Å². The summed E-state index contributed by atoms with van der Waals surface area (Å²) in [6.45, 7) is 6.42. The van der Waals surface area contributed by atoms with Gasteiger partial charge in [0.15, 0.2) is 0 Å². The van der Waals surface area contributed by atoms with E-state index in [0.717, 1.165) is 6.07 Å². The van der Waals surface area contributed by atoms with E-state index in [1.807, 2.05) is 18.7 Å². The van der Waals surface area contributed by atoms with E-state index in [4.69, 9.17) is 9.47 Å². The van der Waals surface area contributed by atoms with E-state index in [1.165, 1.54) is 35.7 Å². The summed E-state index contributed by atoms with van der Waals surface area (Å²) in [5.41, 5.74) is 0.999. The van der Waals surface area contributed by atoms with Crippen molar-refractivity contribution in [2.24, 2.45) is 0 Å². The first kappa shape index (κ1) is 24.0. The monoisotopic (exact) mass is 465 g/mol. The van der Waals surface area contributed by atoms with Crippen LogP contribution < -0.4 is 15.0 Å². The summed E-state index contributed by atoms with van der Waals surface area (Å²) < 4.78 is 51.9. The second kappa shape index (κ2) is 10.3. The summed E-state index contributed by atoms with van der Waals surface area (Å²) in [5.74, 6) is -0.968. The number of hydrogen-bond donors (Lipinski definition) is 1. The number of nitrogens with zero attached hydrogens (tertiary/aromatic N) is 2. The summed E-state index contributed by atoms with van der Waals surface area (Å²) in [7, 11) is -2.37. The van der Waals surface area contributed by atoms with Gasteiger partial charge >= 0.3 is 0 Å². The number of nitrogens with one attached hydrogen (secondary N) is 1. The summed E-state index contributed by atoms with van der Waals surface area (Å²) in [5, 5.41) is 2.76. The van der Waals surface area contributed by atoms with Crippen molar-refractivity contribution in [3.63, 3.8) is 0 Å². The highest BCUT2D eigenvalue weighted by Crippen LogP contribution is 2.32. The highest BCUT2D eigenvalue weighted by molar-refractivity contribution is 7.89. The van der Waals surface area contributed by atoms with E-state index in [9.17, 15) is 17.6 Å². The molecule has 1 N–H and O–H groups in total. The molecule has 8 nitrogen and oxygen atoms in total. The van der Waals surface area contributed by atoms with Crippen molar-refractivity contribution in [1.29, 1.82) is 0 Å². The standard InChI is InChI=1S/C22H28FN3O5S/c1-4-25(5-2)20-8-7-17(32(28,29)26-10-12-31-13-11-26)15-19(20)24-22(27)18-14-16(23)6-9-21(18)30-3/h6-9,14-15H,4-5,10-13H2,1-3H3,(H,24,27). The Balaban J connectivity index is 2.02. The molecule has 0 unspecified atom stereocenters. The SMILES string of the molecule is CCN(CC)c1ccc(S(=O)(=O)N2CCOCC2)cc1NC(=O)c1cc(F)ccc1OC. The van der Waals surface area contributed by atoms with Gasteiger partial charge in [0.2, 0.25) is 10.0 Å². The second-order valence-corrected chi connectivity index (χ2v) is 9.10. The molecule has 1 heterocycles. The molecule has 0 spiro atoms. The third-order valence-electron chi connectivity index (χ3n) is 5.33. The zero-order valence-corrected chi connectivity index (χ0v) is 19.2. The van der Waals surface area contributed by atoms with Gasteiger partial charge < -0.3 is 19.7 Å². The third-order valence-corrected chi connectivity index (χ3v) is 7.23. The number of rotatable bonds is 8. The van der Waals surface area contributed by atoms with Gasteiger partial charge in [-0.3, -0.25) is 4.79 Å². The van der Waals surface area contributed by atoms with Crippen molar-refractivity contribution in [2.75, 3.05) is 56.7 Å². The fourth-order valence-corrected chi connectivity index (χ4v) is 5.03. The van der Waals surface area contributed by atoms with E-state index < -0.39 is 21.7 Å². The van der Waals surface area contributed by atoms with Gasteiger partial charge in [0, 0.05) is 26.2 Å². The van der Waals surface area contributed by atoms with Gasteiger partial charge in [-0.2, -0.15) is 4.31 Å². The lowest BCUT2D eigenvalue weighted by atomic mass is 10.1. The molecule has 0 radical (unpaired) electrons. The lowest BCUT2D eigenvalue weighted by molar-refractivity contribution is 0.0730. The van der Waals surface area contributed by atoms with Gasteiger partial charge in [0.25, 0.3) is 5.91 Å². The van der Waals surface area contributed by atoms with Crippen LogP contribution in [0.25, 0.3) is 0 Å². The molecule has 1 aliphatic rings. The van der Waals surface area contributed by atoms with Gasteiger partial charge in [-0.15, -0.1) is 0 Å². The van der Waals surface area contributed by atoms with Crippen LogP contribution in [0.3, 0.4) is 0 Å². The van der Waals surface area contributed by atoms with Crippen LogP contribution >= 0.6 is 0 Å². The Bertz CT molecular complexity index is 1070.